The smallest absolute Gasteiger partial charge is 0.128 e. The number of hydrogen-bond acceptors (Lipinski definition) is 5. The molecular formula is C20H22N2OS2. The van der Waals surface area contributed by atoms with E-state index in [2.05, 4.69) is 12.1 Å². The summed E-state index contributed by atoms with van der Waals surface area (Å²) in [6, 6.07) is 8.35. The predicted octanol–water partition coefficient (Wildman–Crippen LogP) is 5.22. The fourth-order valence-electron chi connectivity index (χ4n) is 3.39. The predicted molar refractivity (Wildman–Crippen MR) is 106 cm³/mol. The number of benzene rings is 1. The lowest BCUT2D eigenvalue weighted by Gasteiger charge is -2.11. The van der Waals surface area contributed by atoms with Crippen LogP contribution < -0.4 is 4.74 Å². The fraction of sp³-hybridized carbons (Fsp3) is 0.400. The van der Waals surface area contributed by atoms with Gasteiger partial charge < -0.3 is 4.74 Å². The Morgan fingerprint density at radius 2 is 1.92 bits per heavy atom. The number of thioether (sulfide) groups is 1. The van der Waals surface area contributed by atoms with Crippen molar-refractivity contribution in [2.24, 2.45) is 0 Å². The van der Waals surface area contributed by atoms with Crippen LogP contribution in [0.2, 0.25) is 0 Å². The van der Waals surface area contributed by atoms with Crippen molar-refractivity contribution < 1.29 is 4.74 Å². The van der Waals surface area contributed by atoms with Crippen LogP contribution in [0.3, 0.4) is 0 Å². The highest BCUT2D eigenvalue weighted by Gasteiger charge is 2.20. The van der Waals surface area contributed by atoms with Crippen LogP contribution >= 0.6 is 23.1 Å². The van der Waals surface area contributed by atoms with Crippen molar-refractivity contribution in [3.05, 3.63) is 46.1 Å². The molecule has 5 heteroatoms. The molecule has 3 nitrogen and oxygen atoms in total. The van der Waals surface area contributed by atoms with Crippen LogP contribution in [0.4, 0.5) is 0 Å². The summed E-state index contributed by atoms with van der Waals surface area (Å²) in [6.07, 6.45) is 6.04. The van der Waals surface area contributed by atoms with Crippen LogP contribution in [0.25, 0.3) is 10.2 Å². The molecule has 0 spiro atoms. The van der Waals surface area contributed by atoms with Crippen molar-refractivity contribution >= 4 is 33.3 Å². The minimum Gasteiger partial charge on any atom is -0.497 e. The highest BCUT2D eigenvalue weighted by atomic mass is 32.2. The molecule has 0 saturated heterocycles. The molecule has 1 aromatic carbocycles. The van der Waals surface area contributed by atoms with Gasteiger partial charge in [-0.1, -0.05) is 12.1 Å². The maximum absolute atomic E-state index is 5.23. The molecule has 0 unspecified atom stereocenters. The molecule has 25 heavy (non-hydrogen) atoms. The van der Waals surface area contributed by atoms with E-state index in [0.717, 1.165) is 23.7 Å². The Balaban J connectivity index is 1.55. The van der Waals surface area contributed by atoms with Gasteiger partial charge in [-0.05, 0) is 62.3 Å². The fourth-order valence-corrected chi connectivity index (χ4v) is 5.85. The van der Waals surface area contributed by atoms with Crippen LogP contribution in [0.1, 0.15) is 34.7 Å². The molecule has 0 atom stereocenters. The monoisotopic (exact) mass is 370 g/mol. The van der Waals surface area contributed by atoms with Gasteiger partial charge >= 0.3 is 0 Å². The zero-order valence-electron chi connectivity index (χ0n) is 14.7. The zero-order chi connectivity index (χ0) is 17.2. The summed E-state index contributed by atoms with van der Waals surface area (Å²) in [4.78, 5) is 12.2. The maximum atomic E-state index is 5.23. The number of methoxy groups -OCH3 is 1. The first kappa shape index (κ1) is 16.9. The Labute approximate surface area is 156 Å². The normalized spacial score (nSPS) is 13.8. The first-order valence-corrected chi connectivity index (χ1v) is 10.6. The van der Waals surface area contributed by atoms with Gasteiger partial charge in [0.05, 0.1) is 7.11 Å². The molecule has 1 aliphatic carbocycles. The summed E-state index contributed by atoms with van der Waals surface area (Å²) >= 11 is 3.75. The summed E-state index contributed by atoms with van der Waals surface area (Å²) in [5.74, 6) is 2.83. The molecule has 0 radical (unpaired) electrons. The third-order valence-corrected chi connectivity index (χ3v) is 6.84. The number of nitrogens with zero attached hydrogens (tertiary/aromatic N) is 2. The van der Waals surface area contributed by atoms with Gasteiger partial charge in [-0.3, -0.25) is 0 Å². The van der Waals surface area contributed by atoms with E-state index < -0.39 is 0 Å². The Morgan fingerprint density at radius 3 is 2.72 bits per heavy atom. The van der Waals surface area contributed by atoms with Gasteiger partial charge in [0.25, 0.3) is 0 Å². The van der Waals surface area contributed by atoms with Gasteiger partial charge in [0, 0.05) is 16.0 Å². The first-order chi connectivity index (χ1) is 12.2. The number of hydrogen-bond donors (Lipinski definition) is 0. The Kier molecular flexibility index (Phi) is 4.95. The van der Waals surface area contributed by atoms with Crippen molar-refractivity contribution in [2.45, 2.75) is 44.1 Å². The van der Waals surface area contributed by atoms with Crippen LogP contribution in [0.15, 0.2) is 29.3 Å². The quantitative estimate of drug-likeness (QED) is 0.455. The lowest BCUT2D eigenvalue weighted by Crippen LogP contribution is -2.00. The van der Waals surface area contributed by atoms with Crippen molar-refractivity contribution in [3.63, 3.8) is 0 Å². The second-order valence-electron chi connectivity index (χ2n) is 6.41. The van der Waals surface area contributed by atoms with Crippen LogP contribution in [0.5, 0.6) is 5.75 Å². The van der Waals surface area contributed by atoms with E-state index in [1.165, 1.54) is 56.9 Å². The second kappa shape index (κ2) is 7.34. The summed E-state index contributed by atoms with van der Waals surface area (Å²) in [5, 5.41) is 2.51. The van der Waals surface area contributed by atoms with E-state index in [9.17, 15) is 0 Å². The number of thiophene rings is 1. The van der Waals surface area contributed by atoms with Gasteiger partial charge in [-0.15, -0.1) is 23.1 Å². The third kappa shape index (κ3) is 3.53. The lowest BCUT2D eigenvalue weighted by molar-refractivity contribution is 0.414. The van der Waals surface area contributed by atoms with Crippen molar-refractivity contribution in [1.29, 1.82) is 0 Å². The Bertz CT molecular complexity index is 887. The summed E-state index contributed by atoms with van der Waals surface area (Å²) in [5.41, 5.74) is 2.86. The van der Waals surface area contributed by atoms with E-state index in [1.807, 2.05) is 42.2 Å². The lowest BCUT2D eigenvalue weighted by atomic mass is 9.97. The SMILES string of the molecule is COc1ccc(CCSc2nc(C)nc3sc4c(c23)CCCC4)cc1. The van der Waals surface area contributed by atoms with E-state index in [0.29, 0.717) is 0 Å². The number of ether oxygens (including phenoxy) is 1. The number of aryl methyl sites for hydroxylation is 4. The van der Waals surface area contributed by atoms with Crippen molar-refractivity contribution in [2.75, 3.05) is 12.9 Å². The van der Waals surface area contributed by atoms with Crippen molar-refractivity contribution in [3.8, 4) is 5.75 Å². The number of rotatable bonds is 5. The molecule has 0 amide bonds. The first-order valence-electron chi connectivity index (χ1n) is 8.79. The van der Waals surface area contributed by atoms with Gasteiger partial charge in [0.2, 0.25) is 0 Å². The molecule has 3 aromatic rings. The Morgan fingerprint density at radius 1 is 1.12 bits per heavy atom. The third-order valence-electron chi connectivity index (χ3n) is 4.68. The molecule has 0 saturated carbocycles. The summed E-state index contributed by atoms with van der Waals surface area (Å²) in [6.45, 7) is 2.01. The Hall–Kier alpha value is -1.59. The highest BCUT2D eigenvalue weighted by molar-refractivity contribution is 7.99. The van der Waals surface area contributed by atoms with Crippen LogP contribution in [-0.4, -0.2) is 22.8 Å². The molecule has 0 N–H and O–H groups in total. The van der Waals surface area contributed by atoms with E-state index in [4.69, 9.17) is 14.7 Å². The molecule has 4 rings (SSSR count). The topological polar surface area (TPSA) is 35.0 Å². The minimum atomic E-state index is 0.887. The molecule has 0 aliphatic heterocycles. The summed E-state index contributed by atoms with van der Waals surface area (Å²) in [7, 11) is 1.70. The van der Waals surface area contributed by atoms with Gasteiger partial charge in [-0.2, -0.15) is 0 Å². The van der Waals surface area contributed by atoms with E-state index >= 15 is 0 Å². The largest absolute Gasteiger partial charge is 0.497 e. The average molecular weight is 371 g/mol. The molecule has 0 fully saturated rings. The maximum Gasteiger partial charge on any atom is 0.128 e. The van der Waals surface area contributed by atoms with Gasteiger partial charge in [0.1, 0.15) is 21.4 Å². The van der Waals surface area contributed by atoms with Gasteiger partial charge in [0.15, 0.2) is 0 Å². The standard InChI is InChI=1S/C20H22N2OS2/c1-13-21-19(24-12-11-14-7-9-15(23-2)10-8-14)18-16-5-3-4-6-17(16)25-20(18)22-13/h7-10H,3-6,11-12H2,1-2H3. The summed E-state index contributed by atoms with van der Waals surface area (Å²) < 4.78 is 5.23. The zero-order valence-corrected chi connectivity index (χ0v) is 16.3. The number of aromatic nitrogens is 2. The average Bonchev–Trinajstić information content (AvgIpc) is 3.00. The van der Waals surface area contributed by atoms with Crippen LogP contribution in [-0.2, 0) is 19.3 Å². The minimum absolute atomic E-state index is 0.887. The molecule has 1 aliphatic rings. The van der Waals surface area contributed by atoms with Crippen LogP contribution in [0, 0.1) is 6.92 Å². The van der Waals surface area contributed by atoms with E-state index in [-0.39, 0.29) is 0 Å². The molecule has 2 heterocycles. The van der Waals surface area contributed by atoms with Gasteiger partial charge in [-0.25, -0.2) is 9.97 Å². The van der Waals surface area contributed by atoms with E-state index in [1.54, 1.807) is 7.11 Å². The molecule has 2 aromatic heterocycles. The number of fused-ring (bicyclic) bond motifs is 3. The molecule has 130 valence electrons. The van der Waals surface area contributed by atoms with Crippen molar-refractivity contribution in [1.82, 2.24) is 9.97 Å². The highest BCUT2D eigenvalue weighted by Crippen LogP contribution is 2.39. The molecular weight excluding hydrogens is 348 g/mol. The molecule has 0 bridgehead atoms. The second-order valence-corrected chi connectivity index (χ2v) is 8.58.